The zero-order valence-electron chi connectivity index (χ0n) is 17.0. The highest BCUT2D eigenvalue weighted by atomic mass is 35.5. The Morgan fingerprint density at radius 3 is 2.52 bits per heavy atom. The molecule has 0 atom stereocenters. The lowest BCUT2D eigenvalue weighted by molar-refractivity contribution is 0.0946. The van der Waals surface area contributed by atoms with Crippen molar-refractivity contribution in [2.24, 2.45) is 0 Å². The summed E-state index contributed by atoms with van der Waals surface area (Å²) in [4.78, 5) is 17.3. The number of nitrogens with one attached hydrogen (secondary N) is 1. The minimum absolute atomic E-state index is 0.210. The predicted molar refractivity (Wildman–Crippen MR) is 121 cm³/mol. The third-order valence-electron chi connectivity index (χ3n) is 4.79. The number of hydrogen-bond acceptors (Lipinski definition) is 4. The van der Waals surface area contributed by atoms with Crippen molar-refractivity contribution in [1.29, 1.82) is 0 Å². The van der Waals surface area contributed by atoms with Crippen molar-refractivity contribution in [1.82, 2.24) is 20.1 Å². The van der Waals surface area contributed by atoms with Crippen LogP contribution >= 0.6 is 11.6 Å². The van der Waals surface area contributed by atoms with Gasteiger partial charge < -0.3 is 10.1 Å². The fourth-order valence-corrected chi connectivity index (χ4v) is 3.29. The quantitative estimate of drug-likeness (QED) is 0.464. The lowest BCUT2D eigenvalue weighted by Gasteiger charge is -2.08. The molecular weight excluding hydrogens is 412 g/mol. The number of nitrogens with zero attached hydrogens (tertiary/aromatic N) is 3. The minimum atomic E-state index is -0.210. The monoisotopic (exact) mass is 432 g/mol. The van der Waals surface area contributed by atoms with Gasteiger partial charge in [0.15, 0.2) is 0 Å². The first-order valence-corrected chi connectivity index (χ1v) is 10.2. The standard InChI is InChI=1S/C24H21ClN4O2/c1-31-21-11-5-17(6-12-21)22-16-23(29(28-22)20-9-7-18(25)8-10-20)24(30)27-15-13-19-4-2-3-14-26-19/h2-12,14,16H,13,15H2,1H3,(H,27,30). The van der Waals surface area contributed by atoms with E-state index in [1.807, 2.05) is 54.6 Å². The van der Waals surface area contributed by atoms with Crippen molar-refractivity contribution in [3.8, 4) is 22.7 Å². The number of aromatic nitrogens is 3. The zero-order chi connectivity index (χ0) is 21.6. The van der Waals surface area contributed by atoms with Gasteiger partial charge in [0.05, 0.1) is 18.5 Å². The van der Waals surface area contributed by atoms with Crippen LogP contribution in [0.15, 0.2) is 79.0 Å². The molecule has 4 rings (SSSR count). The van der Waals surface area contributed by atoms with Crippen LogP contribution in [0.25, 0.3) is 16.9 Å². The van der Waals surface area contributed by atoms with Crippen molar-refractivity contribution in [2.75, 3.05) is 13.7 Å². The van der Waals surface area contributed by atoms with E-state index in [-0.39, 0.29) is 5.91 Å². The molecule has 0 unspecified atom stereocenters. The molecule has 156 valence electrons. The average molecular weight is 433 g/mol. The van der Waals surface area contributed by atoms with Gasteiger partial charge >= 0.3 is 0 Å². The number of methoxy groups -OCH3 is 1. The van der Waals surface area contributed by atoms with Crippen LogP contribution in [0.3, 0.4) is 0 Å². The van der Waals surface area contributed by atoms with Crippen LogP contribution in [0.1, 0.15) is 16.2 Å². The number of ether oxygens (including phenoxy) is 1. The van der Waals surface area contributed by atoms with Gasteiger partial charge in [-0.2, -0.15) is 5.10 Å². The Kier molecular flexibility index (Phi) is 6.29. The molecule has 0 saturated heterocycles. The molecule has 1 amide bonds. The maximum atomic E-state index is 13.0. The van der Waals surface area contributed by atoms with E-state index in [9.17, 15) is 4.79 Å². The average Bonchev–Trinajstić information content (AvgIpc) is 3.26. The van der Waals surface area contributed by atoms with Crippen molar-refractivity contribution in [2.45, 2.75) is 6.42 Å². The number of carbonyl (C=O) groups excluding carboxylic acids is 1. The van der Waals surface area contributed by atoms with Crippen LogP contribution in [0, 0.1) is 0 Å². The summed E-state index contributed by atoms with van der Waals surface area (Å²) in [6.45, 7) is 0.472. The van der Waals surface area contributed by atoms with Crippen LogP contribution in [0.2, 0.25) is 5.02 Å². The minimum Gasteiger partial charge on any atom is -0.497 e. The molecule has 0 saturated carbocycles. The first kappa shape index (κ1) is 20.6. The highest BCUT2D eigenvalue weighted by Crippen LogP contribution is 2.24. The normalized spacial score (nSPS) is 10.6. The fourth-order valence-electron chi connectivity index (χ4n) is 3.17. The maximum absolute atomic E-state index is 13.0. The van der Waals surface area contributed by atoms with E-state index < -0.39 is 0 Å². The predicted octanol–water partition coefficient (Wildman–Crippen LogP) is 4.57. The number of halogens is 1. The van der Waals surface area contributed by atoms with Crippen molar-refractivity contribution in [3.63, 3.8) is 0 Å². The summed E-state index contributed by atoms with van der Waals surface area (Å²) in [6.07, 6.45) is 2.39. The second kappa shape index (κ2) is 9.45. The first-order valence-electron chi connectivity index (χ1n) is 9.82. The molecule has 6 nitrogen and oxygen atoms in total. The van der Waals surface area contributed by atoms with Gasteiger partial charge in [0.25, 0.3) is 5.91 Å². The summed E-state index contributed by atoms with van der Waals surface area (Å²) in [7, 11) is 1.62. The molecule has 0 aliphatic rings. The summed E-state index contributed by atoms with van der Waals surface area (Å²) in [5.41, 5.74) is 3.68. The smallest absolute Gasteiger partial charge is 0.270 e. The highest BCUT2D eigenvalue weighted by Gasteiger charge is 2.17. The number of hydrogen-bond donors (Lipinski definition) is 1. The second-order valence-electron chi connectivity index (χ2n) is 6.86. The lowest BCUT2D eigenvalue weighted by Crippen LogP contribution is -2.28. The van der Waals surface area contributed by atoms with Gasteiger partial charge in [0.1, 0.15) is 11.4 Å². The fraction of sp³-hybridized carbons (Fsp3) is 0.125. The summed E-state index contributed by atoms with van der Waals surface area (Å²) in [6, 6.07) is 22.3. The van der Waals surface area contributed by atoms with E-state index in [1.54, 1.807) is 36.2 Å². The SMILES string of the molecule is COc1ccc(-c2cc(C(=O)NCCc3ccccn3)n(-c3ccc(Cl)cc3)n2)cc1. The van der Waals surface area contributed by atoms with Gasteiger partial charge in [0, 0.05) is 35.4 Å². The molecule has 2 aromatic heterocycles. The first-order chi connectivity index (χ1) is 15.1. The van der Waals surface area contributed by atoms with Gasteiger partial charge in [-0.25, -0.2) is 4.68 Å². The Morgan fingerprint density at radius 2 is 1.84 bits per heavy atom. The molecule has 0 aliphatic heterocycles. The number of rotatable bonds is 7. The molecule has 0 bridgehead atoms. The largest absolute Gasteiger partial charge is 0.497 e. The molecular formula is C24H21ClN4O2. The zero-order valence-corrected chi connectivity index (χ0v) is 17.7. The van der Waals surface area contributed by atoms with E-state index in [4.69, 9.17) is 16.3 Å². The Labute approximate surface area is 185 Å². The Bertz CT molecular complexity index is 1160. The highest BCUT2D eigenvalue weighted by molar-refractivity contribution is 6.30. The van der Waals surface area contributed by atoms with E-state index in [0.29, 0.717) is 29.4 Å². The van der Waals surface area contributed by atoms with Gasteiger partial charge in [-0.05, 0) is 66.7 Å². The van der Waals surface area contributed by atoms with Gasteiger partial charge in [-0.15, -0.1) is 0 Å². The molecule has 4 aromatic rings. The third kappa shape index (κ3) is 4.92. The molecule has 7 heteroatoms. The Hall–Kier alpha value is -3.64. The summed E-state index contributed by atoms with van der Waals surface area (Å²) in [5, 5.41) is 8.27. The summed E-state index contributed by atoms with van der Waals surface area (Å²) >= 11 is 6.03. The van der Waals surface area contributed by atoms with Crippen molar-refractivity contribution >= 4 is 17.5 Å². The van der Waals surface area contributed by atoms with E-state index >= 15 is 0 Å². The summed E-state index contributed by atoms with van der Waals surface area (Å²) in [5.74, 6) is 0.548. The molecule has 2 heterocycles. The van der Waals surface area contributed by atoms with Crippen LogP contribution in [0.5, 0.6) is 5.75 Å². The molecule has 0 fully saturated rings. The van der Waals surface area contributed by atoms with Gasteiger partial charge in [-0.3, -0.25) is 9.78 Å². The molecule has 31 heavy (non-hydrogen) atoms. The van der Waals surface area contributed by atoms with Crippen LogP contribution < -0.4 is 10.1 Å². The molecule has 0 spiro atoms. The lowest BCUT2D eigenvalue weighted by atomic mass is 10.1. The number of amides is 1. The maximum Gasteiger partial charge on any atom is 0.270 e. The summed E-state index contributed by atoms with van der Waals surface area (Å²) < 4.78 is 6.86. The topological polar surface area (TPSA) is 69.0 Å². The van der Waals surface area contributed by atoms with Gasteiger partial charge in [-0.1, -0.05) is 17.7 Å². The Morgan fingerprint density at radius 1 is 1.06 bits per heavy atom. The second-order valence-corrected chi connectivity index (χ2v) is 7.29. The van der Waals surface area contributed by atoms with Crippen LogP contribution in [0.4, 0.5) is 0 Å². The third-order valence-corrected chi connectivity index (χ3v) is 5.04. The van der Waals surface area contributed by atoms with E-state index in [1.165, 1.54) is 0 Å². The van der Waals surface area contributed by atoms with Crippen molar-refractivity contribution < 1.29 is 9.53 Å². The number of benzene rings is 2. The van der Waals surface area contributed by atoms with Crippen molar-refractivity contribution in [3.05, 3.63) is 95.4 Å². The van der Waals surface area contributed by atoms with Crippen LogP contribution in [-0.4, -0.2) is 34.3 Å². The Balaban J connectivity index is 1.61. The number of pyridine rings is 1. The molecule has 2 aromatic carbocycles. The number of carbonyl (C=O) groups is 1. The van der Waals surface area contributed by atoms with E-state index in [0.717, 1.165) is 22.7 Å². The molecule has 1 N–H and O–H groups in total. The van der Waals surface area contributed by atoms with Gasteiger partial charge in [0.2, 0.25) is 0 Å². The van der Waals surface area contributed by atoms with Crippen LogP contribution in [-0.2, 0) is 6.42 Å². The molecule has 0 aliphatic carbocycles. The van der Waals surface area contributed by atoms with E-state index in [2.05, 4.69) is 15.4 Å². The molecule has 0 radical (unpaired) electrons.